The molecule has 1 aromatic rings. The van der Waals surface area contributed by atoms with E-state index in [4.69, 9.17) is 0 Å². The molecule has 0 saturated heterocycles. The van der Waals surface area contributed by atoms with Gasteiger partial charge < -0.3 is 0 Å². The molecule has 0 saturated carbocycles. The largest absolute Gasteiger partial charge is 0.0872 e. The molecular weight excluding hydrogens is 132 g/mol. The average Bonchev–Trinajstić information content (AvgIpc) is 2.28. The average molecular weight is 142 g/mol. The molecule has 0 aliphatic heterocycles. The molecule has 0 bridgehead atoms. The Morgan fingerprint density at radius 1 is 1.18 bits per heavy atom. The van der Waals surface area contributed by atoms with Crippen LogP contribution in [0.2, 0.25) is 0 Å². The summed E-state index contributed by atoms with van der Waals surface area (Å²) in [7, 11) is 0. The minimum absolute atomic E-state index is 1.14. The van der Waals surface area contributed by atoms with Crippen LogP contribution in [0.3, 0.4) is 0 Å². The van der Waals surface area contributed by atoms with Crippen molar-refractivity contribution in [3.05, 3.63) is 54.0 Å². The topological polar surface area (TPSA) is 0 Å². The molecule has 0 amide bonds. The summed E-state index contributed by atoms with van der Waals surface area (Å²) in [6.07, 6.45) is 9.73. The Morgan fingerprint density at radius 3 is 3.09 bits per heavy atom. The van der Waals surface area contributed by atoms with Crippen molar-refractivity contribution in [2.75, 3.05) is 0 Å². The van der Waals surface area contributed by atoms with Gasteiger partial charge in [0.25, 0.3) is 0 Å². The molecule has 0 N–H and O–H groups in total. The van der Waals surface area contributed by atoms with Crippen molar-refractivity contribution < 1.29 is 0 Å². The highest BCUT2D eigenvalue weighted by Gasteiger charge is 2.01. The first-order chi connectivity index (χ1) is 5.47. The summed E-state index contributed by atoms with van der Waals surface area (Å²) in [6.45, 7) is 0. The number of aryl methyl sites for hydroxylation is 1. The maximum atomic E-state index is 3.24. The fraction of sp³-hybridized carbons (Fsp3) is 0.182. The molecule has 0 heteroatoms. The summed E-state index contributed by atoms with van der Waals surface area (Å²) < 4.78 is 0. The summed E-state index contributed by atoms with van der Waals surface area (Å²) in [5, 5.41) is 0. The molecule has 54 valence electrons. The van der Waals surface area contributed by atoms with Crippen LogP contribution in [0, 0.1) is 6.42 Å². The first kappa shape index (κ1) is 6.66. The van der Waals surface area contributed by atoms with E-state index in [-0.39, 0.29) is 0 Å². The van der Waals surface area contributed by atoms with Gasteiger partial charge in [0.1, 0.15) is 0 Å². The minimum Gasteiger partial charge on any atom is -0.0872 e. The van der Waals surface area contributed by atoms with E-state index in [0.29, 0.717) is 0 Å². The van der Waals surface area contributed by atoms with Gasteiger partial charge in [-0.3, -0.25) is 0 Å². The van der Waals surface area contributed by atoms with E-state index in [2.05, 4.69) is 36.8 Å². The zero-order valence-corrected chi connectivity index (χ0v) is 6.38. The fourth-order valence-corrected chi connectivity index (χ4v) is 1.35. The van der Waals surface area contributed by atoms with Crippen LogP contribution in [0.5, 0.6) is 0 Å². The normalized spacial score (nSPS) is 15.6. The highest BCUT2D eigenvalue weighted by molar-refractivity contribution is 5.37. The van der Waals surface area contributed by atoms with Gasteiger partial charge in [0.05, 0.1) is 0 Å². The van der Waals surface area contributed by atoms with Gasteiger partial charge in [0.2, 0.25) is 0 Å². The summed E-state index contributed by atoms with van der Waals surface area (Å²) in [5.74, 6) is 0. The number of hydrogen-bond donors (Lipinski definition) is 0. The molecule has 2 radical (unpaired) electrons. The molecule has 2 rings (SSSR count). The first-order valence-electron chi connectivity index (χ1n) is 3.96. The van der Waals surface area contributed by atoms with Crippen LogP contribution >= 0.6 is 0 Å². The van der Waals surface area contributed by atoms with Crippen LogP contribution in [0.25, 0.3) is 0 Å². The van der Waals surface area contributed by atoms with E-state index in [1.807, 2.05) is 6.08 Å². The molecule has 0 fully saturated rings. The standard InChI is InChI=1S/C11H10/c1-2-6-10-8-4-5-9-11(10)7-3-1/h1-2,4-5,8-9H,3,7H2. The lowest BCUT2D eigenvalue weighted by Gasteiger charge is -2.01. The van der Waals surface area contributed by atoms with Gasteiger partial charge >= 0.3 is 0 Å². The summed E-state index contributed by atoms with van der Waals surface area (Å²) >= 11 is 0. The SMILES string of the molecule is [C]1C=CCCc2ccccc21. The molecule has 0 aromatic heterocycles. The summed E-state index contributed by atoms with van der Waals surface area (Å²) in [5.41, 5.74) is 2.67. The van der Waals surface area contributed by atoms with Crippen LogP contribution in [0.1, 0.15) is 17.5 Å². The van der Waals surface area contributed by atoms with Crippen molar-refractivity contribution in [1.82, 2.24) is 0 Å². The Labute approximate surface area is 67.6 Å². The van der Waals surface area contributed by atoms with Crippen molar-refractivity contribution in [1.29, 1.82) is 0 Å². The van der Waals surface area contributed by atoms with E-state index in [0.717, 1.165) is 12.8 Å². The summed E-state index contributed by atoms with van der Waals surface area (Å²) in [6, 6.07) is 8.44. The predicted molar refractivity (Wildman–Crippen MR) is 46.2 cm³/mol. The van der Waals surface area contributed by atoms with Crippen LogP contribution < -0.4 is 0 Å². The lowest BCUT2D eigenvalue weighted by atomic mass is 10.0. The van der Waals surface area contributed by atoms with Crippen molar-refractivity contribution >= 4 is 0 Å². The Morgan fingerprint density at radius 2 is 2.09 bits per heavy atom. The van der Waals surface area contributed by atoms with Crippen LogP contribution in [0.15, 0.2) is 36.4 Å². The van der Waals surface area contributed by atoms with Gasteiger partial charge in [-0.05, 0) is 24.0 Å². The Bertz CT molecular complexity index is 271. The second-order valence-electron chi connectivity index (χ2n) is 2.74. The molecular formula is C11H10. The lowest BCUT2D eigenvalue weighted by molar-refractivity contribution is 1.00. The molecule has 0 spiro atoms. The van der Waals surface area contributed by atoms with E-state index in [1.54, 1.807) is 0 Å². The van der Waals surface area contributed by atoms with Gasteiger partial charge in [-0.15, -0.1) is 0 Å². The van der Waals surface area contributed by atoms with Gasteiger partial charge in [0.15, 0.2) is 0 Å². The van der Waals surface area contributed by atoms with Gasteiger partial charge in [-0.25, -0.2) is 0 Å². The predicted octanol–water partition coefficient (Wildman–Crippen LogP) is 2.62. The van der Waals surface area contributed by atoms with Crippen molar-refractivity contribution in [3.8, 4) is 0 Å². The third-order valence-corrected chi connectivity index (χ3v) is 1.95. The molecule has 1 aliphatic carbocycles. The van der Waals surface area contributed by atoms with Crippen LogP contribution in [-0.4, -0.2) is 0 Å². The van der Waals surface area contributed by atoms with E-state index < -0.39 is 0 Å². The van der Waals surface area contributed by atoms with E-state index in [9.17, 15) is 0 Å². The Kier molecular flexibility index (Phi) is 1.76. The lowest BCUT2D eigenvalue weighted by Crippen LogP contribution is -1.87. The van der Waals surface area contributed by atoms with Crippen molar-refractivity contribution in [2.45, 2.75) is 12.8 Å². The molecule has 1 aromatic carbocycles. The molecule has 0 heterocycles. The molecule has 0 nitrogen and oxygen atoms in total. The van der Waals surface area contributed by atoms with Gasteiger partial charge in [-0.2, -0.15) is 0 Å². The number of benzene rings is 1. The maximum Gasteiger partial charge on any atom is 0.0422 e. The quantitative estimate of drug-likeness (QED) is 0.522. The van der Waals surface area contributed by atoms with Crippen LogP contribution in [-0.2, 0) is 6.42 Å². The highest BCUT2D eigenvalue weighted by atomic mass is 14.1. The number of allylic oxidation sites excluding steroid dienone is 2. The zero-order valence-electron chi connectivity index (χ0n) is 6.38. The molecule has 0 unspecified atom stereocenters. The first-order valence-corrected chi connectivity index (χ1v) is 3.96. The monoisotopic (exact) mass is 142 g/mol. The van der Waals surface area contributed by atoms with Crippen molar-refractivity contribution in [3.63, 3.8) is 0 Å². The smallest absolute Gasteiger partial charge is 0.0422 e. The second kappa shape index (κ2) is 2.91. The third-order valence-electron chi connectivity index (χ3n) is 1.95. The van der Waals surface area contributed by atoms with Gasteiger partial charge in [-0.1, -0.05) is 36.4 Å². The number of rotatable bonds is 0. The second-order valence-corrected chi connectivity index (χ2v) is 2.74. The summed E-state index contributed by atoms with van der Waals surface area (Å²) in [4.78, 5) is 0. The maximum absolute atomic E-state index is 3.24. The Hall–Kier alpha value is -1.04. The minimum atomic E-state index is 1.14. The molecule has 1 aliphatic rings. The van der Waals surface area contributed by atoms with E-state index >= 15 is 0 Å². The fourth-order valence-electron chi connectivity index (χ4n) is 1.35. The molecule has 11 heavy (non-hydrogen) atoms. The van der Waals surface area contributed by atoms with Crippen LogP contribution in [0.4, 0.5) is 0 Å². The molecule has 0 atom stereocenters. The number of hydrogen-bond acceptors (Lipinski definition) is 0. The van der Waals surface area contributed by atoms with Gasteiger partial charge in [0, 0.05) is 6.42 Å². The number of fused-ring (bicyclic) bond motifs is 1. The Balaban J connectivity index is 2.40. The zero-order chi connectivity index (χ0) is 7.52. The third kappa shape index (κ3) is 1.35. The highest BCUT2D eigenvalue weighted by Crippen LogP contribution is 2.16. The van der Waals surface area contributed by atoms with Crippen molar-refractivity contribution in [2.24, 2.45) is 0 Å². The van der Waals surface area contributed by atoms with E-state index in [1.165, 1.54) is 11.1 Å².